The molecule has 0 unspecified atom stereocenters. The average molecular weight is 260 g/mol. The molecule has 0 saturated carbocycles. The van der Waals surface area contributed by atoms with E-state index in [0.29, 0.717) is 17.8 Å². The SMILES string of the molecule is CN(C)CCN(C)C(=O)c1ncccc1C#CCN. The molecule has 0 aliphatic heterocycles. The van der Waals surface area contributed by atoms with Gasteiger partial charge in [0.2, 0.25) is 0 Å². The lowest BCUT2D eigenvalue weighted by atomic mass is 10.2. The molecule has 1 aromatic heterocycles. The molecule has 0 aliphatic carbocycles. The summed E-state index contributed by atoms with van der Waals surface area (Å²) in [5.74, 6) is 5.50. The summed E-state index contributed by atoms with van der Waals surface area (Å²) in [4.78, 5) is 20.1. The first kappa shape index (κ1) is 15.2. The van der Waals surface area contributed by atoms with Crippen molar-refractivity contribution in [1.29, 1.82) is 0 Å². The highest BCUT2D eigenvalue weighted by atomic mass is 16.2. The maximum Gasteiger partial charge on any atom is 0.273 e. The van der Waals surface area contributed by atoms with Gasteiger partial charge >= 0.3 is 0 Å². The highest BCUT2D eigenvalue weighted by Crippen LogP contribution is 2.06. The largest absolute Gasteiger partial charge is 0.339 e. The fraction of sp³-hybridized carbons (Fsp3) is 0.429. The van der Waals surface area contributed by atoms with Crippen LogP contribution in [0.4, 0.5) is 0 Å². The predicted octanol–water partition coefficient (Wildman–Crippen LogP) is 0.0254. The lowest BCUT2D eigenvalue weighted by molar-refractivity contribution is 0.0780. The topological polar surface area (TPSA) is 62.5 Å². The van der Waals surface area contributed by atoms with Gasteiger partial charge in [0.05, 0.1) is 12.1 Å². The molecule has 0 atom stereocenters. The smallest absolute Gasteiger partial charge is 0.273 e. The van der Waals surface area contributed by atoms with Gasteiger partial charge in [0, 0.05) is 26.3 Å². The molecule has 102 valence electrons. The lowest BCUT2D eigenvalue weighted by Gasteiger charge is -2.19. The van der Waals surface area contributed by atoms with E-state index in [2.05, 4.69) is 16.8 Å². The number of hydrogen-bond donors (Lipinski definition) is 1. The zero-order valence-corrected chi connectivity index (χ0v) is 11.7. The predicted molar refractivity (Wildman–Crippen MR) is 75.7 cm³/mol. The second-order valence-corrected chi connectivity index (χ2v) is 4.44. The summed E-state index contributed by atoms with van der Waals surface area (Å²) in [5.41, 5.74) is 6.35. The molecule has 2 N–H and O–H groups in total. The van der Waals surface area contributed by atoms with Crippen molar-refractivity contribution in [3.8, 4) is 11.8 Å². The normalized spacial score (nSPS) is 9.95. The van der Waals surface area contributed by atoms with Crippen molar-refractivity contribution >= 4 is 5.91 Å². The van der Waals surface area contributed by atoms with E-state index >= 15 is 0 Å². The number of nitrogens with two attached hydrogens (primary N) is 1. The fourth-order valence-electron chi connectivity index (χ4n) is 1.46. The van der Waals surface area contributed by atoms with Crippen molar-refractivity contribution in [1.82, 2.24) is 14.8 Å². The number of pyridine rings is 1. The van der Waals surface area contributed by atoms with E-state index in [-0.39, 0.29) is 12.5 Å². The molecule has 1 heterocycles. The molecule has 5 heteroatoms. The van der Waals surface area contributed by atoms with Gasteiger partial charge in [-0.25, -0.2) is 4.98 Å². The number of carbonyl (C=O) groups excluding carboxylic acids is 1. The summed E-state index contributed by atoms with van der Waals surface area (Å²) in [6, 6.07) is 3.54. The van der Waals surface area contributed by atoms with Crippen LogP contribution in [0.1, 0.15) is 16.1 Å². The Labute approximate surface area is 114 Å². The van der Waals surface area contributed by atoms with Crippen molar-refractivity contribution < 1.29 is 4.79 Å². The van der Waals surface area contributed by atoms with Crippen molar-refractivity contribution in [3.63, 3.8) is 0 Å². The Balaban J connectivity index is 2.87. The molecule has 1 rings (SSSR count). The van der Waals surface area contributed by atoms with Crippen LogP contribution in [0.5, 0.6) is 0 Å². The maximum absolute atomic E-state index is 12.3. The molecule has 0 saturated heterocycles. The van der Waals surface area contributed by atoms with Crippen LogP contribution in [-0.4, -0.2) is 61.5 Å². The van der Waals surface area contributed by atoms with Gasteiger partial charge in [-0.1, -0.05) is 11.8 Å². The molecule has 1 amide bonds. The van der Waals surface area contributed by atoms with Crippen LogP contribution in [0, 0.1) is 11.8 Å². The summed E-state index contributed by atoms with van der Waals surface area (Å²) in [6.45, 7) is 1.71. The molecule has 5 nitrogen and oxygen atoms in total. The minimum Gasteiger partial charge on any atom is -0.339 e. The standard InChI is InChI=1S/C14H20N4O/c1-17(2)10-11-18(3)14(19)13-12(6-4-8-15)7-5-9-16-13/h5,7,9H,8,10-11,15H2,1-3H3. The van der Waals surface area contributed by atoms with Gasteiger partial charge in [-0.15, -0.1) is 0 Å². The van der Waals surface area contributed by atoms with Crippen LogP contribution in [0.2, 0.25) is 0 Å². The van der Waals surface area contributed by atoms with Crippen LogP contribution in [-0.2, 0) is 0 Å². The number of carbonyl (C=O) groups is 1. The number of nitrogens with zero attached hydrogens (tertiary/aromatic N) is 3. The fourth-order valence-corrected chi connectivity index (χ4v) is 1.46. The van der Waals surface area contributed by atoms with Gasteiger partial charge in [-0.05, 0) is 26.2 Å². The summed E-state index contributed by atoms with van der Waals surface area (Å²) in [5, 5.41) is 0. The molecular formula is C14H20N4O. The van der Waals surface area contributed by atoms with E-state index < -0.39 is 0 Å². The molecule has 0 aliphatic rings. The van der Waals surface area contributed by atoms with E-state index in [4.69, 9.17) is 5.73 Å². The summed E-state index contributed by atoms with van der Waals surface area (Å²) in [7, 11) is 5.70. The number of rotatable bonds is 4. The van der Waals surface area contributed by atoms with E-state index in [1.54, 1.807) is 30.3 Å². The van der Waals surface area contributed by atoms with E-state index in [1.165, 1.54) is 0 Å². The Kier molecular flexibility index (Phi) is 6.00. The number of amides is 1. The van der Waals surface area contributed by atoms with Crippen LogP contribution in [0.25, 0.3) is 0 Å². The Morgan fingerprint density at radius 3 is 2.74 bits per heavy atom. The molecule has 0 radical (unpaired) electrons. The van der Waals surface area contributed by atoms with Gasteiger partial charge in [-0.3, -0.25) is 4.79 Å². The molecule has 0 aromatic carbocycles. The average Bonchev–Trinajstić information content (AvgIpc) is 2.42. The number of hydrogen-bond acceptors (Lipinski definition) is 4. The third-order valence-corrected chi connectivity index (χ3v) is 2.56. The lowest BCUT2D eigenvalue weighted by Crippen LogP contribution is -2.34. The molecule has 0 spiro atoms. The van der Waals surface area contributed by atoms with Crippen LogP contribution < -0.4 is 5.73 Å². The Morgan fingerprint density at radius 1 is 1.37 bits per heavy atom. The first-order valence-electron chi connectivity index (χ1n) is 6.10. The molecular weight excluding hydrogens is 240 g/mol. The first-order valence-corrected chi connectivity index (χ1v) is 6.10. The van der Waals surface area contributed by atoms with Crippen LogP contribution >= 0.6 is 0 Å². The minimum atomic E-state index is -0.122. The number of aromatic nitrogens is 1. The third-order valence-electron chi connectivity index (χ3n) is 2.56. The zero-order valence-electron chi connectivity index (χ0n) is 11.7. The summed E-state index contributed by atoms with van der Waals surface area (Å²) in [6.07, 6.45) is 1.60. The monoisotopic (exact) mass is 260 g/mol. The van der Waals surface area contributed by atoms with Crippen molar-refractivity contribution in [3.05, 3.63) is 29.6 Å². The third kappa shape index (κ3) is 4.70. The maximum atomic E-state index is 12.3. The molecule has 0 fully saturated rings. The Morgan fingerprint density at radius 2 is 2.11 bits per heavy atom. The quantitative estimate of drug-likeness (QED) is 0.776. The zero-order chi connectivity index (χ0) is 14.3. The van der Waals surface area contributed by atoms with E-state index in [0.717, 1.165) is 6.54 Å². The Hall–Kier alpha value is -1.90. The minimum absolute atomic E-state index is 0.122. The van der Waals surface area contributed by atoms with Crippen LogP contribution in [0.15, 0.2) is 18.3 Å². The molecule has 19 heavy (non-hydrogen) atoms. The highest BCUT2D eigenvalue weighted by molar-refractivity contribution is 5.94. The van der Waals surface area contributed by atoms with Crippen molar-refractivity contribution in [2.24, 2.45) is 5.73 Å². The second-order valence-electron chi connectivity index (χ2n) is 4.44. The molecule has 1 aromatic rings. The summed E-state index contributed by atoms with van der Waals surface area (Å²) >= 11 is 0. The van der Waals surface area contributed by atoms with Gasteiger partial charge < -0.3 is 15.5 Å². The molecule has 0 bridgehead atoms. The van der Waals surface area contributed by atoms with E-state index in [9.17, 15) is 4.79 Å². The second kappa shape index (κ2) is 7.52. The van der Waals surface area contributed by atoms with Gasteiger partial charge in [-0.2, -0.15) is 0 Å². The summed E-state index contributed by atoms with van der Waals surface area (Å²) < 4.78 is 0. The van der Waals surface area contributed by atoms with Crippen molar-refractivity contribution in [2.75, 3.05) is 40.8 Å². The van der Waals surface area contributed by atoms with Crippen molar-refractivity contribution in [2.45, 2.75) is 0 Å². The Bertz CT molecular complexity index is 488. The first-order chi connectivity index (χ1) is 9.06. The van der Waals surface area contributed by atoms with Crippen LogP contribution in [0.3, 0.4) is 0 Å². The van der Waals surface area contributed by atoms with Gasteiger partial charge in [0.25, 0.3) is 5.91 Å². The van der Waals surface area contributed by atoms with Gasteiger partial charge in [0.1, 0.15) is 5.69 Å². The highest BCUT2D eigenvalue weighted by Gasteiger charge is 2.16. The number of likely N-dealkylation sites (N-methyl/N-ethyl adjacent to an activating group) is 2. The van der Waals surface area contributed by atoms with Gasteiger partial charge in [0.15, 0.2) is 0 Å². The van der Waals surface area contributed by atoms with E-state index in [1.807, 2.05) is 19.0 Å².